The van der Waals surface area contributed by atoms with Crippen LogP contribution in [-0.2, 0) is 11.2 Å². The van der Waals surface area contributed by atoms with Crippen LogP contribution in [0.4, 0.5) is 10.5 Å². The molecule has 2 aromatic rings. The highest BCUT2D eigenvalue weighted by Gasteiger charge is 2.31. The highest BCUT2D eigenvalue weighted by Crippen LogP contribution is 2.27. The van der Waals surface area contributed by atoms with Crippen molar-refractivity contribution in [3.8, 4) is 0 Å². The molecule has 1 aromatic carbocycles. The molecular weight excluding hydrogens is 358 g/mol. The van der Waals surface area contributed by atoms with Crippen molar-refractivity contribution in [3.05, 3.63) is 52.4 Å². The summed E-state index contributed by atoms with van der Waals surface area (Å²) in [5.74, 6) is 0.934. The average Bonchev–Trinajstić information content (AvgIpc) is 3.10. The number of aryl methyl sites for hydroxylation is 1. The number of carbonyl (C=O) groups excluding carboxylic acids is 2. The van der Waals surface area contributed by atoms with Gasteiger partial charge in [0.05, 0.1) is 23.8 Å². The number of ether oxygens (including phenoxy) is 1. The second-order valence-corrected chi connectivity index (χ2v) is 6.34. The molecule has 0 unspecified atom stereocenters. The Labute approximate surface area is 156 Å². The van der Waals surface area contributed by atoms with E-state index in [4.69, 9.17) is 26.5 Å². The molecule has 7 nitrogen and oxygen atoms in total. The van der Waals surface area contributed by atoms with Crippen molar-refractivity contribution in [3.63, 3.8) is 0 Å². The number of carbonyl (C=O) groups is 2. The van der Waals surface area contributed by atoms with E-state index in [9.17, 15) is 9.59 Å². The largest absolute Gasteiger partial charge is 0.464 e. The number of nitrogens with one attached hydrogen (secondary N) is 1. The fraction of sp³-hybridized carbons (Fsp3) is 0.333. The Hall–Kier alpha value is -2.51. The van der Waals surface area contributed by atoms with Crippen LogP contribution in [0, 0.1) is 0 Å². The minimum Gasteiger partial charge on any atom is -0.464 e. The first-order chi connectivity index (χ1) is 12.5. The lowest BCUT2D eigenvalue weighted by atomic mass is 10.1. The SMILES string of the molecule is CCc1ccc([C@H]2COCCN2C(=O)Nc2ccc(C(N)=O)c(Cl)c2)o1. The number of rotatable bonds is 4. The number of anilines is 1. The molecule has 3 amide bonds. The maximum atomic E-state index is 12.7. The number of furan rings is 1. The Morgan fingerprint density at radius 1 is 1.35 bits per heavy atom. The summed E-state index contributed by atoms with van der Waals surface area (Å²) in [5, 5.41) is 2.98. The zero-order chi connectivity index (χ0) is 18.7. The summed E-state index contributed by atoms with van der Waals surface area (Å²) in [5.41, 5.74) is 5.92. The zero-order valence-electron chi connectivity index (χ0n) is 14.3. The van der Waals surface area contributed by atoms with Crippen LogP contribution in [0.3, 0.4) is 0 Å². The molecule has 26 heavy (non-hydrogen) atoms. The smallest absolute Gasteiger partial charge is 0.322 e. The topological polar surface area (TPSA) is 97.8 Å². The first-order valence-electron chi connectivity index (χ1n) is 8.33. The van der Waals surface area contributed by atoms with Gasteiger partial charge in [0, 0.05) is 18.7 Å². The highest BCUT2D eigenvalue weighted by molar-refractivity contribution is 6.34. The van der Waals surface area contributed by atoms with Gasteiger partial charge in [-0.05, 0) is 30.3 Å². The van der Waals surface area contributed by atoms with Gasteiger partial charge >= 0.3 is 6.03 Å². The lowest BCUT2D eigenvalue weighted by Crippen LogP contribution is -2.45. The third kappa shape index (κ3) is 3.84. The Balaban J connectivity index is 1.76. The van der Waals surface area contributed by atoms with Crippen LogP contribution in [0.15, 0.2) is 34.7 Å². The van der Waals surface area contributed by atoms with Crippen LogP contribution in [0.1, 0.15) is 34.8 Å². The predicted octanol–water partition coefficient (Wildman–Crippen LogP) is 3.20. The number of morpholine rings is 1. The molecule has 3 N–H and O–H groups in total. The molecule has 2 heterocycles. The summed E-state index contributed by atoms with van der Waals surface area (Å²) < 4.78 is 11.3. The molecule has 3 rings (SSSR count). The molecule has 1 saturated heterocycles. The van der Waals surface area contributed by atoms with Crippen LogP contribution >= 0.6 is 11.6 Å². The number of nitrogens with zero attached hydrogens (tertiary/aromatic N) is 1. The molecule has 0 saturated carbocycles. The van der Waals surface area contributed by atoms with E-state index in [0.717, 1.165) is 12.2 Å². The molecule has 0 aliphatic carbocycles. The fourth-order valence-corrected chi connectivity index (χ4v) is 3.11. The van der Waals surface area contributed by atoms with Crippen LogP contribution in [-0.4, -0.2) is 36.6 Å². The van der Waals surface area contributed by atoms with Crippen molar-refractivity contribution < 1.29 is 18.7 Å². The number of nitrogens with two attached hydrogens (primary N) is 1. The van der Waals surface area contributed by atoms with Crippen molar-refractivity contribution in [1.82, 2.24) is 4.90 Å². The van der Waals surface area contributed by atoms with E-state index in [0.29, 0.717) is 31.2 Å². The van der Waals surface area contributed by atoms with Gasteiger partial charge in [-0.2, -0.15) is 0 Å². The average molecular weight is 378 g/mol. The van der Waals surface area contributed by atoms with Crippen LogP contribution in [0.5, 0.6) is 0 Å². The summed E-state index contributed by atoms with van der Waals surface area (Å²) in [6, 6.07) is 7.75. The third-order valence-corrected chi connectivity index (χ3v) is 4.55. The Kier molecular flexibility index (Phi) is 5.49. The van der Waals surface area contributed by atoms with Gasteiger partial charge in [-0.15, -0.1) is 0 Å². The minimum absolute atomic E-state index is 0.187. The van der Waals surface area contributed by atoms with Crippen molar-refractivity contribution in [2.24, 2.45) is 5.73 Å². The lowest BCUT2D eigenvalue weighted by Gasteiger charge is -2.34. The first kappa shape index (κ1) is 18.3. The van der Waals surface area contributed by atoms with Crippen molar-refractivity contribution in [2.45, 2.75) is 19.4 Å². The van der Waals surface area contributed by atoms with E-state index in [1.807, 2.05) is 19.1 Å². The summed E-state index contributed by atoms with van der Waals surface area (Å²) in [6.07, 6.45) is 0.782. The number of amides is 3. The van der Waals surface area contributed by atoms with Gasteiger partial charge in [-0.1, -0.05) is 18.5 Å². The monoisotopic (exact) mass is 377 g/mol. The maximum absolute atomic E-state index is 12.7. The normalized spacial score (nSPS) is 17.2. The van der Waals surface area contributed by atoms with E-state index in [2.05, 4.69) is 5.32 Å². The molecular formula is C18H20ClN3O4. The van der Waals surface area contributed by atoms with Crippen LogP contribution < -0.4 is 11.1 Å². The number of halogens is 1. The Bertz CT molecular complexity index is 821. The fourth-order valence-electron chi connectivity index (χ4n) is 2.83. The minimum atomic E-state index is -0.620. The van der Waals surface area contributed by atoms with Gasteiger partial charge in [-0.3, -0.25) is 4.79 Å². The Morgan fingerprint density at radius 3 is 2.81 bits per heavy atom. The lowest BCUT2D eigenvalue weighted by molar-refractivity contribution is 0.00702. The van der Waals surface area contributed by atoms with Crippen molar-refractivity contribution in [1.29, 1.82) is 0 Å². The first-order valence-corrected chi connectivity index (χ1v) is 8.70. The highest BCUT2D eigenvalue weighted by atomic mass is 35.5. The quantitative estimate of drug-likeness (QED) is 0.854. The molecule has 138 valence electrons. The summed E-state index contributed by atoms with van der Waals surface area (Å²) in [4.78, 5) is 25.7. The Morgan fingerprint density at radius 2 is 2.15 bits per heavy atom. The van der Waals surface area contributed by atoms with E-state index >= 15 is 0 Å². The van der Waals surface area contributed by atoms with Crippen LogP contribution in [0.2, 0.25) is 5.02 Å². The molecule has 1 aliphatic rings. The molecule has 0 bridgehead atoms. The van der Waals surface area contributed by atoms with Gasteiger partial charge in [0.2, 0.25) is 5.91 Å². The molecule has 8 heteroatoms. The van der Waals surface area contributed by atoms with Crippen molar-refractivity contribution in [2.75, 3.05) is 25.1 Å². The summed E-state index contributed by atoms with van der Waals surface area (Å²) >= 11 is 6.04. The third-order valence-electron chi connectivity index (χ3n) is 4.23. The van der Waals surface area contributed by atoms with Gasteiger partial charge in [0.1, 0.15) is 17.6 Å². The second-order valence-electron chi connectivity index (χ2n) is 5.93. The van der Waals surface area contributed by atoms with E-state index < -0.39 is 5.91 Å². The van der Waals surface area contributed by atoms with E-state index in [1.165, 1.54) is 12.1 Å². The summed E-state index contributed by atoms with van der Waals surface area (Å²) in [6.45, 7) is 3.26. The van der Waals surface area contributed by atoms with E-state index in [-0.39, 0.29) is 22.7 Å². The standard InChI is InChI=1S/C18H20ClN3O4/c1-2-12-4-6-16(26-12)15-10-25-8-7-22(15)18(24)21-11-3-5-13(17(20)23)14(19)9-11/h3-6,9,15H,2,7-8,10H2,1H3,(H2,20,23)(H,21,24)/t15-/m1/s1. The number of primary amides is 1. The number of hydrogen-bond donors (Lipinski definition) is 2. The zero-order valence-corrected chi connectivity index (χ0v) is 15.1. The molecule has 0 radical (unpaired) electrons. The van der Waals surface area contributed by atoms with Crippen molar-refractivity contribution >= 4 is 29.2 Å². The summed E-state index contributed by atoms with van der Waals surface area (Å²) in [7, 11) is 0. The number of hydrogen-bond acceptors (Lipinski definition) is 4. The predicted molar refractivity (Wildman–Crippen MR) is 97.3 cm³/mol. The molecule has 1 aliphatic heterocycles. The molecule has 0 spiro atoms. The van der Waals surface area contributed by atoms with Gasteiger partial charge < -0.3 is 25.1 Å². The van der Waals surface area contributed by atoms with Gasteiger partial charge in [0.25, 0.3) is 0 Å². The number of benzene rings is 1. The molecule has 1 aromatic heterocycles. The maximum Gasteiger partial charge on any atom is 0.322 e. The molecule has 1 fully saturated rings. The van der Waals surface area contributed by atoms with E-state index in [1.54, 1.807) is 11.0 Å². The van der Waals surface area contributed by atoms with Gasteiger partial charge in [-0.25, -0.2) is 4.79 Å². The number of urea groups is 1. The van der Waals surface area contributed by atoms with Crippen LogP contribution in [0.25, 0.3) is 0 Å². The second kappa shape index (κ2) is 7.80. The van der Waals surface area contributed by atoms with Gasteiger partial charge in [0.15, 0.2) is 0 Å². The molecule has 1 atom stereocenters.